The zero-order chi connectivity index (χ0) is 38.6. The number of nitrogens with zero attached hydrogens (tertiary/aromatic N) is 3. The largest absolute Gasteiger partial charge is 0.870 e. The Balaban J connectivity index is 1.12. The quantitative estimate of drug-likeness (QED) is 0.180. The van der Waals surface area contributed by atoms with Crippen molar-refractivity contribution >= 4 is 43.5 Å². The van der Waals surface area contributed by atoms with Crippen LogP contribution in [0.5, 0.6) is 0 Å². The van der Waals surface area contributed by atoms with E-state index in [0.29, 0.717) is 19.3 Å². The number of ether oxygens (including phenoxy) is 3. The first-order valence-electron chi connectivity index (χ1n) is 18.3. The van der Waals surface area contributed by atoms with Crippen LogP contribution in [0.2, 0.25) is 0 Å². The molecular formula is C39H42BN3O12. The van der Waals surface area contributed by atoms with Gasteiger partial charge in [-0.05, 0) is 55.2 Å². The van der Waals surface area contributed by atoms with Crippen molar-refractivity contribution in [1.82, 2.24) is 14.7 Å². The summed E-state index contributed by atoms with van der Waals surface area (Å²) >= 11 is 0. The van der Waals surface area contributed by atoms with E-state index in [1.165, 1.54) is 14.7 Å². The number of rotatable bonds is 12. The van der Waals surface area contributed by atoms with E-state index in [1.807, 2.05) is 18.2 Å². The van der Waals surface area contributed by atoms with Crippen LogP contribution in [0.25, 0.3) is 0 Å². The number of benzene rings is 3. The molecule has 3 saturated heterocycles. The van der Waals surface area contributed by atoms with Crippen molar-refractivity contribution in [2.45, 2.75) is 76.5 Å². The second-order valence-electron chi connectivity index (χ2n) is 13.3. The molecule has 15 nitrogen and oxygen atoms in total. The van der Waals surface area contributed by atoms with E-state index in [0.717, 1.165) is 16.7 Å². The molecule has 16 heteroatoms. The van der Waals surface area contributed by atoms with Crippen molar-refractivity contribution < 1.29 is 56.9 Å². The molecule has 288 valence electrons. The Kier molecular flexibility index (Phi) is 13.2. The van der Waals surface area contributed by atoms with Crippen molar-refractivity contribution in [2.75, 3.05) is 19.6 Å². The number of hydrogen-bond acceptors (Lipinski definition) is 12. The first-order chi connectivity index (χ1) is 26.8. The van der Waals surface area contributed by atoms with E-state index in [9.17, 15) is 28.8 Å². The lowest BCUT2D eigenvalue weighted by Crippen LogP contribution is -2.49. The third-order valence-corrected chi connectivity index (χ3v) is 9.53. The number of likely N-dealkylation sites (tertiary alicyclic amines) is 3. The summed E-state index contributed by atoms with van der Waals surface area (Å²) in [5.41, 5.74) is 2.26. The topological polar surface area (TPSA) is 168 Å². The molecule has 0 N–H and O–H groups in total. The lowest BCUT2D eigenvalue weighted by atomic mass is 10.1. The molecule has 0 aliphatic carbocycles. The van der Waals surface area contributed by atoms with Crippen molar-refractivity contribution in [1.29, 1.82) is 0 Å². The Morgan fingerprint density at radius 1 is 0.455 bits per heavy atom. The van der Waals surface area contributed by atoms with Gasteiger partial charge in [-0.15, -0.1) is 0 Å². The Labute approximate surface area is 318 Å². The molecule has 0 unspecified atom stereocenters. The molecule has 55 heavy (non-hydrogen) atoms. The molecule has 3 heterocycles. The van der Waals surface area contributed by atoms with Crippen LogP contribution in [0, 0.1) is 0 Å². The van der Waals surface area contributed by atoms with Gasteiger partial charge in [-0.3, -0.25) is 29.1 Å². The van der Waals surface area contributed by atoms with E-state index in [4.69, 9.17) is 28.2 Å². The van der Waals surface area contributed by atoms with Crippen LogP contribution in [-0.2, 0) is 62.4 Å². The predicted molar refractivity (Wildman–Crippen MR) is 193 cm³/mol. The second-order valence-corrected chi connectivity index (χ2v) is 13.3. The maximum absolute atomic E-state index is 13.6. The molecule has 3 aromatic rings. The van der Waals surface area contributed by atoms with E-state index in [1.54, 1.807) is 72.8 Å². The minimum Gasteiger partial charge on any atom is -0.460 e. The zero-order valence-electron chi connectivity index (χ0n) is 30.2. The van der Waals surface area contributed by atoms with Gasteiger partial charge in [-0.1, -0.05) is 91.0 Å². The number of hydrogen-bond donors (Lipinski definition) is 0. The van der Waals surface area contributed by atoms with Crippen molar-refractivity contribution in [3.8, 4) is 0 Å². The molecule has 3 atom stereocenters. The summed E-state index contributed by atoms with van der Waals surface area (Å²) < 4.78 is 32.8. The molecule has 3 amide bonds. The minimum absolute atomic E-state index is 0.0207. The molecule has 0 bridgehead atoms. The van der Waals surface area contributed by atoms with Gasteiger partial charge in [0, 0.05) is 19.6 Å². The molecule has 0 aromatic heterocycles. The van der Waals surface area contributed by atoms with Gasteiger partial charge in [0.1, 0.15) is 37.9 Å². The number of carbonyl (C=O) groups excluding carboxylic acids is 6. The number of carbonyl (C=O) groups is 6. The van der Waals surface area contributed by atoms with Crippen LogP contribution in [0.4, 0.5) is 14.4 Å². The molecule has 0 radical (unpaired) electrons. The minimum atomic E-state index is -2.21. The predicted octanol–water partition coefficient (Wildman–Crippen LogP) is 5.00. The SMILES string of the molecule is O=C(OB(OC(=O)[C@H]1CCCN1C(=O)OCc1ccccc1)OC(=O)[C@H]1CCCN1C(=O)OCc1ccccc1)[C@H]1CCCN1C(=O)OCc1ccccc1. The van der Waals surface area contributed by atoms with Crippen LogP contribution in [0.3, 0.4) is 0 Å². The summed E-state index contributed by atoms with van der Waals surface area (Å²) in [6.07, 6.45) is -0.262. The van der Waals surface area contributed by atoms with Crippen LogP contribution < -0.4 is 0 Å². The maximum Gasteiger partial charge on any atom is 0.870 e. The lowest BCUT2D eigenvalue weighted by molar-refractivity contribution is -0.153. The van der Waals surface area contributed by atoms with E-state index >= 15 is 0 Å². The Hall–Kier alpha value is -6.06. The highest BCUT2D eigenvalue weighted by Gasteiger charge is 2.48. The van der Waals surface area contributed by atoms with Crippen LogP contribution in [0.1, 0.15) is 55.2 Å². The third-order valence-electron chi connectivity index (χ3n) is 9.53. The lowest BCUT2D eigenvalue weighted by Gasteiger charge is -2.26. The fraction of sp³-hybridized carbons (Fsp3) is 0.385. The zero-order valence-corrected chi connectivity index (χ0v) is 30.2. The van der Waals surface area contributed by atoms with Gasteiger partial charge >= 0.3 is 43.5 Å². The molecule has 3 aliphatic heterocycles. The molecule has 3 aromatic carbocycles. The van der Waals surface area contributed by atoms with Crippen LogP contribution >= 0.6 is 0 Å². The highest BCUT2D eigenvalue weighted by atomic mass is 16.8. The van der Waals surface area contributed by atoms with Crippen molar-refractivity contribution in [3.05, 3.63) is 108 Å². The van der Waals surface area contributed by atoms with Crippen molar-refractivity contribution in [2.24, 2.45) is 0 Å². The summed E-state index contributed by atoms with van der Waals surface area (Å²) in [6, 6.07) is 23.7. The van der Waals surface area contributed by atoms with Gasteiger partial charge in [0.05, 0.1) is 0 Å². The fourth-order valence-corrected chi connectivity index (χ4v) is 6.69. The van der Waals surface area contributed by atoms with Gasteiger partial charge in [0.2, 0.25) is 0 Å². The molecule has 0 saturated carbocycles. The molecule has 0 spiro atoms. The molecule has 3 aliphatic rings. The first kappa shape index (κ1) is 38.7. The Morgan fingerprint density at radius 3 is 1.00 bits per heavy atom. The van der Waals surface area contributed by atoms with E-state index < -0.39 is 61.6 Å². The summed E-state index contributed by atoms with van der Waals surface area (Å²) in [4.78, 5) is 83.6. The maximum atomic E-state index is 13.6. The van der Waals surface area contributed by atoms with Gasteiger partial charge in [-0.2, -0.15) is 0 Å². The van der Waals surface area contributed by atoms with E-state index in [-0.39, 0.29) is 58.7 Å². The average molecular weight is 756 g/mol. The smallest absolute Gasteiger partial charge is 0.460 e. The van der Waals surface area contributed by atoms with Crippen molar-refractivity contribution in [3.63, 3.8) is 0 Å². The summed E-state index contributed by atoms with van der Waals surface area (Å²) in [5.74, 6) is -3.01. The standard InChI is InChI=1S/C39H42BN3O12/c44-34(31-19-10-22-41(31)37(47)50-25-28-13-4-1-5-14-28)53-40(54-35(45)32-20-11-23-42(32)38(48)51-26-29-15-6-2-7-16-29)55-36(46)33-21-12-24-43(33)39(49)52-27-30-17-8-3-9-18-30/h1-9,13-18,31-33H,10-12,19-27H2/t31-,32-,33-/m1/s1. The normalized spacial score (nSPS) is 19.0. The van der Waals surface area contributed by atoms with Crippen LogP contribution in [0.15, 0.2) is 91.0 Å². The molecule has 3 fully saturated rings. The number of amides is 3. The van der Waals surface area contributed by atoms with Gasteiger partial charge in [0.25, 0.3) is 0 Å². The van der Waals surface area contributed by atoms with E-state index in [2.05, 4.69) is 0 Å². The van der Waals surface area contributed by atoms with Gasteiger partial charge in [-0.25, -0.2) is 14.4 Å². The summed E-state index contributed by atoms with van der Waals surface area (Å²) in [7, 11) is -2.21. The summed E-state index contributed by atoms with van der Waals surface area (Å²) in [5, 5.41) is 0. The highest BCUT2D eigenvalue weighted by molar-refractivity contribution is 6.44. The molecule has 6 rings (SSSR count). The monoisotopic (exact) mass is 755 g/mol. The highest BCUT2D eigenvalue weighted by Crippen LogP contribution is 2.25. The molecular weight excluding hydrogens is 713 g/mol. The third kappa shape index (κ3) is 10.3. The van der Waals surface area contributed by atoms with Gasteiger partial charge < -0.3 is 28.2 Å². The van der Waals surface area contributed by atoms with Gasteiger partial charge in [0.15, 0.2) is 0 Å². The second kappa shape index (κ2) is 18.8. The average Bonchev–Trinajstić information content (AvgIpc) is 4.01. The fourth-order valence-electron chi connectivity index (χ4n) is 6.69. The van der Waals surface area contributed by atoms with Crippen LogP contribution in [-0.4, -0.2) is 96.0 Å². The summed E-state index contributed by atoms with van der Waals surface area (Å²) in [6.45, 7) is 0.527. The Morgan fingerprint density at radius 2 is 0.727 bits per heavy atom. The Bertz CT molecular complexity index is 1590. The first-order valence-corrected chi connectivity index (χ1v) is 18.3.